The van der Waals surface area contributed by atoms with Crippen molar-refractivity contribution in [1.29, 1.82) is 0 Å². The molecule has 1 atom stereocenters. The summed E-state index contributed by atoms with van der Waals surface area (Å²) in [7, 11) is 0. The van der Waals surface area contributed by atoms with E-state index < -0.39 is 0 Å². The molecule has 0 radical (unpaired) electrons. The summed E-state index contributed by atoms with van der Waals surface area (Å²) in [5.74, 6) is 0.808. The Labute approximate surface area is 127 Å². The Balaban J connectivity index is 1.94. The number of hydrogen-bond acceptors (Lipinski definition) is 3. The normalized spacial score (nSPS) is 18.6. The molecule has 2 nitrogen and oxygen atoms in total. The predicted molar refractivity (Wildman–Crippen MR) is 87.1 cm³/mol. The lowest BCUT2D eigenvalue weighted by Gasteiger charge is -2.30. The summed E-state index contributed by atoms with van der Waals surface area (Å²) < 4.78 is 0. The lowest BCUT2D eigenvalue weighted by atomic mass is 9.86. The average molecular weight is 295 g/mol. The van der Waals surface area contributed by atoms with Gasteiger partial charge in [0.2, 0.25) is 0 Å². The third kappa shape index (κ3) is 4.57. The van der Waals surface area contributed by atoms with Crippen LogP contribution in [0.2, 0.25) is 0 Å². The topological polar surface area (TPSA) is 32.3 Å². The van der Waals surface area contributed by atoms with Crippen molar-refractivity contribution >= 4 is 11.3 Å². The minimum absolute atomic E-state index is 0.261. The maximum atomic E-state index is 9.01. The molecule has 0 saturated heterocycles. The number of thiophene rings is 1. The van der Waals surface area contributed by atoms with Gasteiger partial charge in [-0.25, -0.2) is 0 Å². The summed E-state index contributed by atoms with van der Waals surface area (Å²) in [6.07, 6.45) is 7.50. The first-order valence-corrected chi connectivity index (χ1v) is 8.88. The summed E-state index contributed by atoms with van der Waals surface area (Å²) in [5.41, 5.74) is 0.261. The second-order valence-electron chi connectivity index (χ2n) is 6.91. The fourth-order valence-electron chi connectivity index (χ4n) is 3.29. The molecule has 1 heterocycles. The van der Waals surface area contributed by atoms with Gasteiger partial charge in [-0.05, 0) is 48.5 Å². The molecule has 0 spiro atoms. The van der Waals surface area contributed by atoms with Crippen LogP contribution in [0.4, 0.5) is 0 Å². The van der Waals surface area contributed by atoms with Crippen LogP contribution in [0.25, 0.3) is 0 Å². The Morgan fingerprint density at radius 3 is 2.75 bits per heavy atom. The van der Waals surface area contributed by atoms with Crippen molar-refractivity contribution in [2.75, 3.05) is 13.2 Å². The molecule has 1 saturated carbocycles. The average Bonchev–Trinajstić information content (AvgIpc) is 3.09. The van der Waals surface area contributed by atoms with Crippen molar-refractivity contribution in [3.05, 3.63) is 22.4 Å². The van der Waals surface area contributed by atoms with Gasteiger partial charge < -0.3 is 10.4 Å². The van der Waals surface area contributed by atoms with Crippen LogP contribution in [0.3, 0.4) is 0 Å². The fraction of sp³-hybridized carbons (Fsp3) is 0.765. The van der Waals surface area contributed by atoms with Gasteiger partial charge in [0.15, 0.2) is 0 Å². The molecule has 0 bridgehead atoms. The van der Waals surface area contributed by atoms with Gasteiger partial charge in [-0.3, -0.25) is 0 Å². The third-order valence-electron chi connectivity index (χ3n) is 4.53. The molecule has 0 aromatic carbocycles. The van der Waals surface area contributed by atoms with Crippen LogP contribution in [0.5, 0.6) is 0 Å². The molecule has 1 aromatic rings. The van der Waals surface area contributed by atoms with Crippen molar-refractivity contribution in [3.8, 4) is 0 Å². The molecule has 1 aliphatic carbocycles. The highest BCUT2D eigenvalue weighted by Gasteiger charge is 2.28. The zero-order valence-corrected chi connectivity index (χ0v) is 13.7. The first kappa shape index (κ1) is 16.0. The van der Waals surface area contributed by atoms with E-state index in [0.717, 1.165) is 25.3 Å². The Morgan fingerprint density at radius 2 is 2.15 bits per heavy atom. The largest absolute Gasteiger partial charge is 0.396 e. The number of hydrogen-bond donors (Lipinski definition) is 2. The number of rotatable bonds is 8. The highest BCUT2D eigenvalue weighted by Crippen LogP contribution is 2.38. The molecule has 1 aromatic heterocycles. The molecule has 1 fully saturated rings. The van der Waals surface area contributed by atoms with Crippen molar-refractivity contribution < 1.29 is 5.11 Å². The Hall–Kier alpha value is -0.380. The maximum Gasteiger partial charge on any atom is 0.0443 e. The molecule has 1 unspecified atom stereocenters. The van der Waals surface area contributed by atoms with Crippen LogP contribution in [-0.2, 0) is 0 Å². The van der Waals surface area contributed by atoms with Gasteiger partial charge in [0.05, 0.1) is 0 Å². The van der Waals surface area contributed by atoms with Gasteiger partial charge in [0.1, 0.15) is 0 Å². The van der Waals surface area contributed by atoms with Crippen LogP contribution in [0.15, 0.2) is 17.5 Å². The third-order valence-corrected chi connectivity index (χ3v) is 5.49. The van der Waals surface area contributed by atoms with Crippen LogP contribution < -0.4 is 5.32 Å². The molecule has 2 rings (SSSR count). The van der Waals surface area contributed by atoms with Crippen molar-refractivity contribution in [1.82, 2.24) is 5.32 Å². The molecule has 2 N–H and O–H groups in total. The van der Waals surface area contributed by atoms with Gasteiger partial charge >= 0.3 is 0 Å². The van der Waals surface area contributed by atoms with Gasteiger partial charge in [0.25, 0.3) is 0 Å². The molecule has 114 valence electrons. The molecule has 3 heteroatoms. The zero-order chi connectivity index (χ0) is 14.4. The lowest BCUT2D eigenvalue weighted by Crippen LogP contribution is -2.35. The second kappa shape index (κ2) is 7.58. The minimum Gasteiger partial charge on any atom is -0.396 e. The summed E-state index contributed by atoms with van der Waals surface area (Å²) in [4.78, 5) is 1.50. The van der Waals surface area contributed by atoms with Crippen LogP contribution >= 0.6 is 11.3 Å². The first-order valence-electron chi connectivity index (χ1n) is 8.00. The number of aliphatic hydroxyl groups is 1. The van der Waals surface area contributed by atoms with Gasteiger partial charge in [-0.15, -0.1) is 11.3 Å². The first-order chi connectivity index (χ1) is 9.62. The monoisotopic (exact) mass is 295 g/mol. The number of nitrogens with one attached hydrogen (secondary N) is 1. The van der Waals surface area contributed by atoms with E-state index >= 15 is 0 Å². The van der Waals surface area contributed by atoms with Crippen molar-refractivity contribution in [2.45, 2.75) is 58.4 Å². The lowest BCUT2D eigenvalue weighted by molar-refractivity contribution is 0.224. The van der Waals surface area contributed by atoms with Gasteiger partial charge in [0, 0.05) is 24.1 Å². The highest BCUT2D eigenvalue weighted by atomic mass is 32.1. The van der Waals surface area contributed by atoms with Crippen LogP contribution in [0, 0.1) is 11.3 Å². The molecular weight excluding hydrogens is 266 g/mol. The van der Waals surface area contributed by atoms with Crippen LogP contribution in [-0.4, -0.2) is 18.3 Å². The standard InChI is InChI=1S/C17H29NOS/c1-17(2,10-6-11-19)13-18-16(14-7-3-4-8-14)15-9-5-12-20-15/h5,9,12,14,16,18-19H,3-4,6-8,10-11,13H2,1-2H3. The van der Waals surface area contributed by atoms with Crippen LogP contribution in [0.1, 0.15) is 63.3 Å². The van der Waals surface area contributed by atoms with E-state index in [1.165, 1.54) is 30.6 Å². The van der Waals surface area contributed by atoms with E-state index in [9.17, 15) is 0 Å². The molecule has 1 aliphatic rings. The molecule has 0 amide bonds. The van der Waals surface area contributed by atoms with E-state index in [2.05, 4.69) is 36.7 Å². The Morgan fingerprint density at radius 1 is 1.40 bits per heavy atom. The Bertz CT molecular complexity index is 368. The van der Waals surface area contributed by atoms with Gasteiger partial charge in [-0.2, -0.15) is 0 Å². The summed E-state index contributed by atoms with van der Waals surface area (Å²) >= 11 is 1.88. The fourth-order valence-corrected chi connectivity index (χ4v) is 4.18. The summed E-state index contributed by atoms with van der Waals surface area (Å²) in [6.45, 7) is 5.94. The van der Waals surface area contributed by atoms with Crippen molar-refractivity contribution in [2.24, 2.45) is 11.3 Å². The maximum absolute atomic E-state index is 9.01. The summed E-state index contributed by atoms with van der Waals surface area (Å²) in [6, 6.07) is 4.98. The van der Waals surface area contributed by atoms with Crippen molar-refractivity contribution in [3.63, 3.8) is 0 Å². The smallest absolute Gasteiger partial charge is 0.0443 e. The van der Waals surface area contributed by atoms with E-state index in [1.54, 1.807) is 0 Å². The Kier molecular flexibility index (Phi) is 6.06. The highest BCUT2D eigenvalue weighted by molar-refractivity contribution is 7.10. The number of aliphatic hydroxyl groups excluding tert-OH is 1. The van der Waals surface area contributed by atoms with E-state index in [4.69, 9.17) is 5.11 Å². The van der Waals surface area contributed by atoms with Gasteiger partial charge in [-0.1, -0.05) is 32.8 Å². The predicted octanol–water partition coefficient (Wildman–Crippen LogP) is 4.37. The second-order valence-corrected chi connectivity index (χ2v) is 7.89. The molecule has 0 aliphatic heterocycles. The minimum atomic E-state index is 0.261. The zero-order valence-electron chi connectivity index (χ0n) is 12.9. The molecule has 20 heavy (non-hydrogen) atoms. The molecular formula is C17H29NOS. The summed E-state index contributed by atoms with van der Waals surface area (Å²) in [5, 5.41) is 15.0. The van der Waals surface area contributed by atoms with E-state index in [1.807, 2.05) is 11.3 Å². The van der Waals surface area contributed by atoms with E-state index in [0.29, 0.717) is 12.6 Å². The quantitative estimate of drug-likeness (QED) is 0.746. The van der Waals surface area contributed by atoms with E-state index in [-0.39, 0.29) is 5.41 Å². The SMILES string of the molecule is CC(C)(CCCO)CNC(c1cccs1)C1CCCC1.